The molecule has 0 saturated carbocycles. The van der Waals surface area contributed by atoms with Gasteiger partial charge in [0.05, 0.1) is 6.04 Å². The normalized spacial score (nSPS) is 19.4. The Labute approximate surface area is 190 Å². The van der Waals surface area contributed by atoms with Crippen molar-refractivity contribution in [1.29, 1.82) is 0 Å². The number of fused-ring (bicyclic) bond motifs is 3. The Morgan fingerprint density at radius 3 is 2.45 bits per heavy atom. The number of hydrogen-bond donors (Lipinski definition) is 1. The number of para-hydroxylation sites is 1. The summed E-state index contributed by atoms with van der Waals surface area (Å²) in [6.45, 7) is 4.86. The fourth-order valence-electron chi connectivity index (χ4n) is 4.99. The van der Waals surface area contributed by atoms with Crippen LogP contribution in [-0.4, -0.2) is 38.8 Å². The number of benzene rings is 2. The largest absolute Gasteiger partial charge is 0.478 e. The van der Waals surface area contributed by atoms with Gasteiger partial charge in [0.1, 0.15) is 17.3 Å². The van der Waals surface area contributed by atoms with Crippen LogP contribution in [0.15, 0.2) is 42.5 Å². The molecule has 2 aromatic carbocycles. The van der Waals surface area contributed by atoms with Gasteiger partial charge in [-0.15, -0.1) is 0 Å². The van der Waals surface area contributed by atoms with Crippen molar-refractivity contribution in [3.63, 3.8) is 0 Å². The topological polar surface area (TPSA) is 45.5 Å². The van der Waals surface area contributed by atoms with Gasteiger partial charge in [0.15, 0.2) is 0 Å². The molecule has 0 aliphatic carbocycles. The zero-order chi connectivity index (χ0) is 24.1. The molecule has 2 heterocycles. The summed E-state index contributed by atoms with van der Waals surface area (Å²) >= 11 is 0. The highest BCUT2D eigenvalue weighted by molar-refractivity contribution is 5.86. The van der Waals surface area contributed by atoms with Crippen LogP contribution in [0.5, 0.6) is 0 Å². The number of nitrogens with zero attached hydrogens (tertiary/aromatic N) is 2. The van der Waals surface area contributed by atoms with E-state index in [4.69, 9.17) is 5.11 Å². The number of halogens is 3. The average Bonchev–Trinajstić information content (AvgIpc) is 2.99. The lowest BCUT2D eigenvalue weighted by Gasteiger charge is -2.43. The smallest absolute Gasteiger partial charge is 0.328 e. The number of carboxylic acid groups (broad SMARTS) is 1. The highest BCUT2D eigenvalue weighted by Gasteiger charge is 2.41. The summed E-state index contributed by atoms with van der Waals surface area (Å²) in [4.78, 5) is 12.6. The van der Waals surface area contributed by atoms with Crippen LogP contribution in [0.25, 0.3) is 17.0 Å². The predicted octanol–water partition coefficient (Wildman–Crippen LogP) is 5.64. The summed E-state index contributed by atoms with van der Waals surface area (Å²) in [7, 11) is 1.86. The maximum absolute atomic E-state index is 15.5. The van der Waals surface area contributed by atoms with Gasteiger partial charge >= 0.3 is 5.97 Å². The first-order valence-corrected chi connectivity index (χ1v) is 10.9. The van der Waals surface area contributed by atoms with Gasteiger partial charge in [-0.1, -0.05) is 18.2 Å². The predicted molar refractivity (Wildman–Crippen MR) is 123 cm³/mol. The highest BCUT2D eigenvalue weighted by atomic mass is 19.1. The first kappa shape index (κ1) is 23.1. The van der Waals surface area contributed by atoms with E-state index < -0.39 is 29.3 Å². The third kappa shape index (κ3) is 4.29. The molecule has 4 nitrogen and oxygen atoms in total. The van der Waals surface area contributed by atoms with Crippen LogP contribution in [-0.2, 0) is 18.3 Å². The van der Waals surface area contributed by atoms with Gasteiger partial charge in [0.25, 0.3) is 0 Å². The fourth-order valence-corrected chi connectivity index (χ4v) is 4.99. The Bertz CT molecular complexity index is 1230. The second kappa shape index (κ2) is 8.37. The Kier molecular flexibility index (Phi) is 5.86. The van der Waals surface area contributed by atoms with Crippen molar-refractivity contribution in [2.24, 2.45) is 7.05 Å². The van der Waals surface area contributed by atoms with E-state index in [1.54, 1.807) is 0 Å². The minimum absolute atomic E-state index is 0.000648. The molecule has 4 rings (SSSR count). The number of alkyl halides is 1. The highest BCUT2D eigenvalue weighted by Crippen LogP contribution is 2.44. The van der Waals surface area contributed by atoms with Crippen molar-refractivity contribution in [2.45, 2.75) is 44.9 Å². The van der Waals surface area contributed by atoms with Crippen molar-refractivity contribution in [3.05, 3.63) is 76.5 Å². The van der Waals surface area contributed by atoms with Crippen molar-refractivity contribution in [3.8, 4) is 0 Å². The van der Waals surface area contributed by atoms with Crippen LogP contribution in [0.3, 0.4) is 0 Å². The van der Waals surface area contributed by atoms with Gasteiger partial charge in [0.2, 0.25) is 0 Å². The maximum Gasteiger partial charge on any atom is 0.328 e. The van der Waals surface area contributed by atoms with Crippen molar-refractivity contribution >= 4 is 22.9 Å². The quantitative estimate of drug-likeness (QED) is 0.506. The SMILES string of the molecule is C[C@@H]1Cc2c(n(C)c3ccccc23)[C@@H](c2c(F)cc(/C=C/C(=O)O)cc2F)N1CC(C)(C)F. The summed E-state index contributed by atoms with van der Waals surface area (Å²) in [5.74, 6) is -2.80. The van der Waals surface area contributed by atoms with Crippen molar-refractivity contribution in [1.82, 2.24) is 9.47 Å². The standard InChI is InChI=1S/C26H27F3N2O2/c1-15-11-18-17-7-5-6-8-21(17)30(4)24(18)25(31(15)14-26(2,3)29)23-19(27)12-16(13-20(23)28)9-10-22(32)33/h5-10,12-13,15,25H,11,14H2,1-4H3,(H,32,33)/b10-9+/t15-,25-/m1/s1. The lowest BCUT2D eigenvalue weighted by Crippen LogP contribution is -2.48. The lowest BCUT2D eigenvalue weighted by molar-refractivity contribution is -0.131. The molecule has 0 unspecified atom stereocenters. The van der Waals surface area contributed by atoms with Crippen LogP contribution in [0.2, 0.25) is 0 Å². The Balaban J connectivity index is 1.97. The lowest BCUT2D eigenvalue weighted by atomic mass is 9.86. The summed E-state index contributed by atoms with van der Waals surface area (Å²) in [5.41, 5.74) is 1.06. The van der Waals surface area contributed by atoms with Gasteiger partial charge in [-0.25, -0.2) is 18.0 Å². The molecule has 1 N–H and O–H groups in total. The van der Waals surface area contributed by atoms with E-state index in [0.29, 0.717) is 6.42 Å². The van der Waals surface area contributed by atoms with E-state index in [-0.39, 0.29) is 23.7 Å². The number of carboxylic acids is 1. The van der Waals surface area contributed by atoms with E-state index >= 15 is 8.78 Å². The Hall–Kier alpha value is -3.06. The van der Waals surface area contributed by atoms with Crippen LogP contribution in [0.1, 0.15) is 49.2 Å². The second-order valence-electron chi connectivity index (χ2n) is 9.36. The number of aryl methyl sites for hydroxylation is 1. The Morgan fingerprint density at radius 1 is 1.21 bits per heavy atom. The molecule has 174 valence electrons. The number of rotatable bonds is 5. The van der Waals surface area contributed by atoms with E-state index in [9.17, 15) is 9.18 Å². The molecule has 0 fully saturated rings. The van der Waals surface area contributed by atoms with Gasteiger partial charge in [-0.3, -0.25) is 4.90 Å². The van der Waals surface area contributed by atoms with Crippen LogP contribution in [0.4, 0.5) is 13.2 Å². The maximum atomic E-state index is 15.5. The third-order valence-corrected chi connectivity index (χ3v) is 6.27. The molecule has 0 radical (unpaired) electrons. The molecule has 0 amide bonds. The summed E-state index contributed by atoms with van der Waals surface area (Å²) in [5, 5.41) is 9.85. The first-order chi connectivity index (χ1) is 15.5. The second-order valence-corrected chi connectivity index (χ2v) is 9.36. The molecule has 0 saturated heterocycles. The number of aromatic nitrogens is 1. The molecule has 1 aromatic heterocycles. The van der Waals surface area contributed by atoms with Crippen molar-refractivity contribution in [2.75, 3.05) is 6.54 Å². The summed E-state index contributed by atoms with van der Waals surface area (Å²) < 4.78 is 47.8. The number of aliphatic carboxylic acids is 1. The fraction of sp³-hybridized carbons (Fsp3) is 0.346. The van der Waals surface area contributed by atoms with Gasteiger partial charge in [-0.05, 0) is 62.6 Å². The molecule has 1 aliphatic rings. The van der Waals surface area contributed by atoms with E-state index in [1.165, 1.54) is 13.8 Å². The monoisotopic (exact) mass is 456 g/mol. The molecule has 0 spiro atoms. The minimum Gasteiger partial charge on any atom is -0.478 e. The molecular weight excluding hydrogens is 429 g/mol. The van der Waals surface area contributed by atoms with Crippen LogP contribution in [0, 0.1) is 11.6 Å². The summed E-state index contributed by atoms with van der Waals surface area (Å²) in [6.07, 6.45) is 2.61. The van der Waals surface area contributed by atoms with Crippen LogP contribution >= 0.6 is 0 Å². The van der Waals surface area contributed by atoms with E-state index in [2.05, 4.69) is 0 Å². The molecule has 33 heavy (non-hydrogen) atoms. The van der Waals surface area contributed by atoms with Gasteiger partial charge in [0, 0.05) is 47.9 Å². The van der Waals surface area contributed by atoms with Crippen molar-refractivity contribution < 1.29 is 23.1 Å². The molecule has 2 atom stereocenters. The summed E-state index contributed by atoms with van der Waals surface area (Å²) in [6, 6.07) is 9.06. The molecular formula is C26H27F3N2O2. The zero-order valence-electron chi connectivity index (χ0n) is 19.1. The number of carbonyl (C=O) groups is 1. The van der Waals surface area contributed by atoms with Gasteiger partial charge in [-0.2, -0.15) is 0 Å². The first-order valence-electron chi connectivity index (χ1n) is 10.9. The number of hydrogen-bond acceptors (Lipinski definition) is 2. The third-order valence-electron chi connectivity index (χ3n) is 6.27. The van der Waals surface area contributed by atoms with Gasteiger partial charge < -0.3 is 9.67 Å². The average molecular weight is 457 g/mol. The van der Waals surface area contributed by atoms with E-state index in [0.717, 1.165) is 46.4 Å². The minimum atomic E-state index is -1.58. The molecule has 7 heteroatoms. The molecule has 0 bridgehead atoms. The Morgan fingerprint density at radius 2 is 1.85 bits per heavy atom. The van der Waals surface area contributed by atoms with Crippen LogP contribution < -0.4 is 0 Å². The zero-order valence-corrected chi connectivity index (χ0v) is 19.1. The molecule has 3 aromatic rings. The molecule has 1 aliphatic heterocycles. The van der Waals surface area contributed by atoms with E-state index in [1.807, 2.05) is 47.7 Å².